The summed E-state index contributed by atoms with van der Waals surface area (Å²) < 4.78 is 5.66. The summed E-state index contributed by atoms with van der Waals surface area (Å²) in [6.45, 7) is 2.69. The number of β-amino-alcohol motifs (C(OH)–C–C–N with tert-alkyl or cyclic N) is 1. The van der Waals surface area contributed by atoms with E-state index < -0.39 is 18.3 Å². The van der Waals surface area contributed by atoms with E-state index in [0.717, 1.165) is 0 Å². The molecule has 0 spiro atoms. The van der Waals surface area contributed by atoms with Crippen LogP contribution in [0.3, 0.4) is 0 Å². The molecule has 20 heavy (non-hydrogen) atoms. The third-order valence-corrected chi connectivity index (χ3v) is 3.23. The Bertz CT molecular complexity index is 514. The molecule has 1 heterocycles. The molecule has 6 heteroatoms. The fourth-order valence-corrected chi connectivity index (χ4v) is 2.16. The van der Waals surface area contributed by atoms with Crippen molar-refractivity contribution in [1.29, 1.82) is 0 Å². The van der Waals surface area contributed by atoms with Crippen LogP contribution in [0.1, 0.15) is 19.4 Å². The molecule has 0 bridgehead atoms. The lowest BCUT2D eigenvalue weighted by Crippen LogP contribution is -2.54. The van der Waals surface area contributed by atoms with E-state index in [1.54, 1.807) is 32.0 Å². The molecule has 0 aliphatic carbocycles. The minimum Gasteiger partial charge on any atom is -0.476 e. The van der Waals surface area contributed by atoms with Gasteiger partial charge in [-0.2, -0.15) is 0 Å². The molecule has 1 aromatic rings. The van der Waals surface area contributed by atoms with Gasteiger partial charge in [-0.1, -0.05) is 6.07 Å². The van der Waals surface area contributed by atoms with E-state index in [4.69, 9.17) is 9.84 Å². The van der Waals surface area contributed by atoms with E-state index in [9.17, 15) is 15.0 Å². The van der Waals surface area contributed by atoms with Gasteiger partial charge in [0.05, 0.1) is 31.5 Å². The minimum atomic E-state index is -1.04. The van der Waals surface area contributed by atoms with E-state index in [1.165, 1.54) is 4.90 Å². The lowest BCUT2D eigenvalue weighted by molar-refractivity contribution is -0.133. The predicted molar refractivity (Wildman–Crippen MR) is 72.5 cm³/mol. The van der Waals surface area contributed by atoms with E-state index in [-0.39, 0.29) is 19.1 Å². The van der Waals surface area contributed by atoms with Crippen LogP contribution in [0.15, 0.2) is 18.2 Å². The summed E-state index contributed by atoms with van der Waals surface area (Å²) >= 11 is 0. The smallest absolute Gasteiger partial charge is 0.270 e. The van der Waals surface area contributed by atoms with Crippen LogP contribution in [0, 0.1) is 0 Å². The summed E-state index contributed by atoms with van der Waals surface area (Å²) in [5.41, 5.74) is 0.0971. The van der Waals surface area contributed by atoms with Crippen LogP contribution in [0.5, 0.6) is 5.75 Å². The molecule has 1 atom stereocenters. The van der Waals surface area contributed by atoms with Crippen LogP contribution in [0.2, 0.25) is 0 Å². The van der Waals surface area contributed by atoms with Gasteiger partial charge in [0.15, 0.2) is 5.60 Å². The van der Waals surface area contributed by atoms with Crippen LogP contribution in [-0.2, 0) is 11.4 Å². The van der Waals surface area contributed by atoms with Gasteiger partial charge in [0.1, 0.15) is 5.75 Å². The highest BCUT2D eigenvalue weighted by Gasteiger charge is 2.41. The molecular formula is C14H19NO5. The van der Waals surface area contributed by atoms with E-state index in [2.05, 4.69) is 0 Å². The number of hydrogen-bond acceptors (Lipinski definition) is 5. The molecule has 1 unspecified atom stereocenters. The van der Waals surface area contributed by atoms with Gasteiger partial charge >= 0.3 is 0 Å². The van der Waals surface area contributed by atoms with Crippen molar-refractivity contribution in [1.82, 2.24) is 0 Å². The Morgan fingerprint density at radius 3 is 2.65 bits per heavy atom. The van der Waals surface area contributed by atoms with Gasteiger partial charge in [0, 0.05) is 0 Å². The summed E-state index contributed by atoms with van der Waals surface area (Å²) in [7, 11) is 0. The van der Waals surface area contributed by atoms with Gasteiger partial charge in [0.2, 0.25) is 0 Å². The average Bonchev–Trinajstić information content (AvgIpc) is 2.43. The maximum absolute atomic E-state index is 12.4. The van der Waals surface area contributed by atoms with Crippen molar-refractivity contribution in [2.24, 2.45) is 0 Å². The first kappa shape index (κ1) is 14.8. The highest BCUT2D eigenvalue weighted by atomic mass is 16.5. The Morgan fingerprint density at radius 1 is 1.35 bits per heavy atom. The van der Waals surface area contributed by atoms with Crippen LogP contribution in [0.25, 0.3) is 0 Å². The van der Waals surface area contributed by atoms with Crippen LogP contribution < -0.4 is 9.64 Å². The molecule has 1 aromatic carbocycles. The fourth-order valence-electron chi connectivity index (χ4n) is 2.16. The third kappa shape index (κ3) is 2.63. The molecule has 0 aromatic heterocycles. The van der Waals surface area contributed by atoms with Crippen molar-refractivity contribution < 1.29 is 24.9 Å². The number of benzene rings is 1. The highest BCUT2D eigenvalue weighted by Crippen LogP contribution is 2.38. The zero-order valence-electron chi connectivity index (χ0n) is 11.5. The maximum Gasteiger partial charge on any atom is 0.270 e. The molecule has 6 nitrogen and oxygen atoms in total. The summed E-state index contributed by atoms with van der Waals surface area (Å²) in [5.74, 6) is 0.213. The molecule has 0 fully saturated rings. The zero-order chi connectivity index (χ0) is 14.9. The van der Waals surface area contributed by atoms with Crippen molar-refractivity contribution in [3.8, 4) is 5.75 Å². The number of rotatable bonds is 4. The summed E-state index contributed by atoms with van der Waals surface area (Å²) in [4.78, 5) is 13.8. The predicted octanol–water partition coefficient (Wildman–Crippen LogP) is 0.0361. The zero-order valence-corrected chi connectivity index (χ0v) is 11.5. The molecule has 1 aliphatic rings. The van der Waals surface area contributed by atoms with E-state index in [1.807, 2.05) is 0 Å². The topological polar surface area (TPSA) is 90.2 Å². The average molecular weight is 281 g/mol. The number of ether oxygens (including phenoxy) is 1. The van der Waals surface area contributed by atoms with Crippen LogP contribution in [-0.4, -0.2) is 46.1 Å². The number of aliphatic hydroxyl groups excluding tert-OH is 3. The number of fused-ring (bicyclic) bond motifs is 1. The van der Waals surface area contributed by atoms with Crippen molar-refractivity contribution >= 4 is 11.6 Å². The van der Waals surface area contributed by atoms with Gasteiger partial charge < -0.3 is 25.0 Å². The third-order valence-electron chi connectivity index (χ3n) is 3.23. The lowest BCUT2D eigenvalue weighted by Gasteiger charge is -2.39. The van der Waals surface area contributed by atoms with Gasteiger partial charge in [0.25, 0.3) is 5.91 Å². The number of carbonyl (C=O) groups excluding carboxylic acids is 1. The fraction of sp³-hybridized carbons (Fsp3) is 0.500. The molecule has 1 aliphatic heterocycles. The second-order valence-electron chi connectivity index (χ2n) is 5.32. The first-order valence-corrected chi connectivity index (χ1v) is 6.42. The summed E-state index contributed by atoms with van der Waals surface area (Å²) in [5, 5.41) is 27.8. The molecular weight excluding hydrogens is 262 g/mol. The molecule has 0 saturated heterocycles. The summed E-state index contributed by atoms with van der Waals surface area (Å²) in [6.07, 6.45) is -1.03. The largest absolute Gasteiger partial charge is 0.476 e. The number of aliphatic hydroxyl groups is 3. The number of nitrogens with zero attached hydrogens (tertiary/aromatic N) is 1. The molecule has 2 rings (SSSR count). The highest BCUT2D eigenvalue weighted by molar-refractivity contribution is 6.02. The van der Waals surface area contributed by atoms with Gasteiger partial charge in [-0.05, 0) is 31.5 Å². The monoisotopic (exact) mass is 281 g/mol. The van der Waals surface area contributed by atoms with E-state index >= 15 is 0 Å². The Morgan fingerprint density at radius 2 is 2.05 bits per heavy atom. The van der Waals surface area contributed by atoms with Gasteiger partial charge in [-0.25, -0.2) is 0 Å². The number of anilines is 1. The Hall–Kier alpha value is -1.63. The van der Waals surface area contributed by atoms with Crippen LogP contribution >= 0.6 is 0 Å². The first-order chi connectivity index (χ1) is 9.39. The van der Waals surface area contributed by atoms with Crippen molar-refractivity contribution in [3.05, 3.63) is 23.8 Å². The second kappa shape index (κ2) is 5.40. The standard InChI is InChI=1S/C14H19NO5/c1-14(2)13(19)15(6-10(18)8-17)11-5-9(7-16)3-4-12(11)20-14/h3-5,10,16-18H,6-8H2,1-2H3. The number of amides is 1. The van der Waals surface area contributed by atoms with Gasteiger partial charge in [-0.3, -0.25) is 4.79 Å². The Labute approximate surface area is 117 Å². The van der Waals surface area contributed by atoms with Gasteiger partial charge in [-0.15, -0.1) is 0 Å². The minimum absolute atomic E-state index is 0.0238. The van der Waals surface area contributed by atoms with Crippen molar-refractivity contribution in [2.45, 2.75) is 32.2 Å². The normalized spacial score (nSPS) is 18.4. The van der Waals surface area contributed by atoms with E-state index in [0.29, 0.717) is 17.0 Å². The Balaban J connectivity index is 2.45. The number of hydrogen-bond donors (Lipinski definition) is 3. The Kier molecular flexibility index (Phi) is 3.99. The second-order valence-corrected chi connectivity index (χ2v) is 5.32. The molecule has 0 radical (unpaired) electrons. The molecule has 0 saturated carbocycles. The first-order valence-electron chi connectivity index (χ1n) is 6.42. The number of carbonyl (C=O) groups is 1. The summed E-state index contributed by atoms with van der Waals surface area (Å²) in [6, 6.07) is 5.05. The lowest BCUT2D eigenvalue weighted by atomic mass is 10.0. The molecule has 3 N–H and O–H groups in total. The molecule has 110 valence electrons. The maximum atomic E-state index is 12.4. The quantitative estimate of drug-likeness (QED) is 0.725. The SMILES string of the molecule is CC1(C)Oc2ccc(CO)cc2N(CC(O)CO)C1=O. The van der Waals surface area contributed by atoms with Crippen molar-refractivity contribution in [3.63, 3.8) is 0 Å². The molecule has 1 amide bonds. The van der Waals surface area contributed by atoms with Crippen LogP contribution in [0.4, 0.5) is 5.69 Å². The van der Waals surface area contributed by atoms with Crippen molar-refractivity contribution in [2.75, 3.05) is 18.1 Å².